The van der Waals surface area contributed by atoms with Crippen LogP contribution >= 0.6 is 15.9 Å². The Hall–Kier alpha value is -1.86. The SMILES string of the molecule is CC(C)(C)OC(=O)N1CCON(c2cc(Br)c3ccccc3n2)CC1. The van der Waals surface area contributed by atoms with Crippen LogP contribution in [0.15, 0.2) is 34.8 Å². The highest BCUT2D eigenvalue weighted by molar-refractivity contribution is 9.10. The van der Waals surface area contributed by atoms with E-state index < -0.39 is 5.60 Å². The first-order chi connectivity index (χ1) is 11.8. The van der Waals surface area contributed by atoms with Crippen molar-refractivity contribution < 1.29 is 14.4 Å². The Bertz CT molecular complexity index is 776. The molecule has 0 bridgehead atoms. The Labute approximate surface area is 155 Å². The fourth-order valence-corrected chi connectivity index (χ4v) is 3.13. The van der Waals surface area contributed by atoms with Gasteiger partial charge < -0.3 is 9.64 Å². The summed E-state index contributed by atoms with van der Waals surface area (Å²) in [4.78, 5) is 24.4. The maximum Gasteiger partial charge on any atom is 0.410 e. The van der Waals surface area contributed by atoms with E-state index in [2.05, 4.69) is 20.9 Å². The van der Waals surface area contributed by atoms with Crippen molar-refractivity contribution >= 4 is 38.7 Å². The fraction of sp³-hybridized carbons (Fsp3) is 0.444. The molecule has 1 aromatic heterocycles. The minimum absolute atomic E-state index is 0.314. The number of nitrogens with zero attached hydrogens (tertiary/aromatic N) is 3. The van der Waals surface area contributed by atoms with Gasteiger partial charge in [-0.3, -0.25) is 4.84 Å². The zero-order valence-corrected chi connectivity index (χ0v) is 16.2. The van der Waals surface area contributed by atoms with Crippen molar-refractivity contribution in [2.75, 3.05) is 31.3 Å². The van der Waals surface area contributed by atoms with E-state index in [1.807, 2.05) is 51.1 Å². The van der Waals surface area contributed by atoms with Gasteiger partial charge in [0.25, 0.3) is 0 Å². The molecule has 2 heterocycles. The van der Waals surface area contributed by atoms with Gasteiger partial charge in [-0.15, -0.1) is 0 Å². The van der Waals surface area contributed by atoms with Crippen molar-refractivity contribution in [3.63, 3.8) is 0 Å². The van der Waals surface area contributed by atoms with Crippen LogP contribution in [0.1, 0.15) is 20.8 Å². The number of carbonyl (C=O) groups excluding carboxylic acids is 1. The van der Waals surface area contributed by atoms with Crippen molar-refractivity contribution in [1.29, 1.82) is 0 Å². The van der Waals surface area contributed by atoms with Crippen LogP contribution in [0.25, 0.3) is 10.9 Å². The van der Waals surface area contributed by atoms with Gasteiger partial charge in [0.1, 0.15) is 5.60 Å². The van der Waals surface area contributed by atoms with Crippen LogP contribution in [0.4, 0.5) is 10.6 Å². The van der Waals surface area contributed by atoms with Crippen LogP contribution in [0.3, 0.4) is 0 Å². The highest BCUT2D eigenvalue weighted by Crippen LogP contribution is 2.27. The van der Waals surface area contributed by atoms with Crippen LogP contribution < -0.4 is 5.06 Å². The van der Waals surface area contributed by atoms with Crippen molar-refractivity contribution in [3.8, 4) is 0 Å². The van der Waals surface area contributed by atoms with Crippen molar-refractivity contribution in [2.24, 2.45) is 0 Å². The topological polar surface area (TPSA) is 54.9 Å². The Morgan fingerprint density at radius 1 is 1.24 bits per heavy atom. The molecule has 134 valence electrons. The highest BCUT2D eigenvalue weighted by Gasteiger charge is 2.25. The monoisotopic (exact) mass is 407 g/mol. The van der Waals surface area contributed by atoms with Crippen molar-refractivity contribution in [1.82, 2.24) is 9.88 Å². The summed E-state index contributed by atoms with van der Waals surface area (Å²) in [5.41, 5.74) is 0.387. The van der Waals surface area contributed by atoms with E-state index >= 15 is 0 Å². The van der Waals surface area contributed by atoms with Gasteiger partial charge in [0.2, 0.25) is 0 Å². The van der Waals surface area contributed by atoms with E-state index in [9.17, 15) is 4.79 Å². The summed E-state index contributed by atoms with van der Waals surface area (Å²) in [6.07, 6.45) is -0.314. The second-order valence-corrected chi connectivity index (χ2v) is 7.74. The van der Waals surface area contributed by atoms with Crippen LogP contribution in [0, 0.1) is 0 Å². The average Bonchev–Trinajstić information content (AvgIpc) is 2.79. The molecule has 0 atom stereocenters. The summed E-state index contributed by atoms with van der Waals surface area (Å²) >= 11 is 3.60. The number of amides is 1. The highest BCUT2D eigenvalue weighted by atomic mass is 79.9. The van der Waals surface area contributed by atoms with Crippen LogP contribution in [-0.2, 0) is 9.57 Å². The van der Waals surface area contributed by atoms with E-state index in [1.165, 1.54) is 0 Å². The second kappa shape index (κ2) is 7.17. The summed E-state index contributed by atoms with van der Waals surface area (Å²) in [6, 6.07) is 9.86. The maximum atomic E-state index is 12.2. The first kappa shape index (κ1) is 17.9. The molecule has 0 N–H and O–H groups in total. The van der Waals surface area contributed by atoms with Gasteiger partial charge in [-0.05, 0) is 48.8 Å². The molecule has 0 unspecified atom stereocenters. The largest absolute Gasteiger partial charge is 0.444 e. The molecule has 0 radical (unpaired) electrons. The number of hydroxylamine groups is 1. The molecule has 0 aliphatic carbocycles. The number of hydrogen-bond acceptors (Lipinski definition) is 5. The van der Waals surface area contributed by atoms with Gasteiger partial charge >= 0.3 is 6.09 Å². The Balaban J connectivity index is 1.74. The molecule has 1 aliphatic rings. The quantitative estimate of drug-likeness (QED) is 0.715. The molecule has 7 heteroatoms. The molecule has 6 nitrogen and oxygen atoms in total. The lowest BCUT2D eigenvalue weighted by atomic mass is 10.2. The van der Waals surface area contributed by atoms with Gasteiger partial charge in [-0.25, -0.2) is 14.8 Å². The number of carbonyl (C=O) groups is 1. The summed E-state index contributed by atoms with van der Waals surface area (Å²) in [6.45, 7) is 7.51. The molecule has 25 heavy (non-hydrogen) atoms. The molecule has 0 saturated carbocycles. The molecular weight excluding hydrogens is 386 g/mol. The number of anilines is 1. The second-order valence-electron chi connectivity index (χ2n) is 6.88. The number of para-hydroxylation sites is 1. The van der Waals surface area contributed by atoms with Gasteiger partial charge in [-0.1, -0.05) is 18.2 Å². The summed E-state index contributed by atoms with van der Waals surface area (Å²) in [7, 11) is 0. The minimum atomic E-state index is -0.505. The maximum absolute atomic E-state index is 12.2. The van der Waals surface area contributed by atoms with E-state index in [4.69, 9.17) is 9.57 Å². The molecular formula is C18H22BrN3O3. The summed E-state index contributed by atoms with van der Waals surface area (Å²) in [5.74, 6) is 0.719. The summed E-state index contributed by atoms with van der Waals surface area (Å²) in [5, 5.41) is 2.79. The number of fused-ring (bicyclic) bond motifs is 1. The molecule has 1 aromatic carbocycles. The molecule has 2 aromatic rings. The predicted molar refractivity (Wildman–Crippen MR) is 101 cm³/mol. The number of hydrogen-bond donors (Lipinski definition) is 0. The third-order valence-electron chi connectivity index (χ3n) is 3.74. The molecule has 3 rings (SSSR count). The normalized spacial score (nSPS) is 16.0. The lowest BCUT2D eigenvalue weighted by molar-refractivity contribution is 0.0243. The number of pyridine rings is 1. The number of ether oxygens (including phenoxy) is 1. The van der Waals surface area contributed by atoms with Gasteiger partial charge in [0.05, 0.1) is 25.2 Å². The number of halogens is 1. The van der Waals surface area contributed by atoms with Crippen LogP contribution in [-0.4, -0.2) is 47.8 Å². The average molecular weight is 408 g/mol. The molecule has 1 aliphatic heterocycles. The standard InChI is InChI=1S/C18H22BrN3O3/c1-18(2,3)25-17(23)21-8-9-22(24-11-10-21)16-12-14(19)13-6-4-5-7-15(13)20-16/h4-7,12H,8-11H2,1-3H3. The van der Waals surface area contributed by atoms with E-state index in [1.54, 1.807) is 9.96 Å². The van der Waals surface area contributed by atoms with E-state index in [0.717, 1.165) is 21.2 Å². The predicted octanol–water partition coefficient (Wildman–Crippen LogP) is 3.99. The van der Waals surface area contributed by atoms with Crippen LogP contribution in [0.5, 0.6) is 0 Å². The third kappa shape index (κ3) is 4.41. The summed E-state index contributed by atoms with van der Waals surface area (Å²) < 4.78 is 6.40. The van der Waals surface area contributed by atoms with Crippen molar-refractivity contribution in [2.45, 2.75) is 26.4 Å². The molecule has 1 saturated heterocycles. The van der Waals surface area contributed by atoms with E-state index in [0.29, 0.717) is 26.2 Å². The molecule has 0 spiro atoms. The third-order valence-corrected chi connectivity index (χ3v) is 4.40. The number of aromatic nitrogens is 1. The van der Waals surface area contributed by atoms with Gasteiger partial charge in [0, 0.05) is 16.4 Å². The molecule has 1 amide bonds. The van der Waals surface area contributed by atoms with Gasteiger partial charge in [-0.2, -0.15) is 0 Å². The zero-order chi connectivity index (χ0) is 18.0. The lowest BCUT2D eigenvalue weighted by Gasteiger charge is -2.26. The number of benzene rings is 1. The first-order valence-electron chi connectivity index (χ1n) is 8.27. The first-order valence-corrected chi connectivity index (χ1v) is 9.06. The van der Waals surface area contributed by atoms with Crippen molar-refractivity contribution in [3.05, 3.63) is 34.8 Å². The number of rotatable bonds is 1. The minimum Gasteiger partial charge on any atom is -0.444 e. The Morgan fingerprint density at radius 2 is 2.00 bits per heavy atom. The zero-order valence-electron chi connectivity index (χ0n) is 14.7. The Morgan fingerprint density at radius 3 is 2.76 bits per heavy atom. The molecule has 1 fully saturated rings. The fourth-order valence-electron chi connectivity index (χ4n) is 2.59. The van der Waals surface area contributed by atoms with Gasteiger partial charge in [0.15, 0.2) is 5.82 Å². The lowest BCUT2D eigenvalue weighted by Crippen LogP contribution is -2.39. The Kier molecular flexibility index (Phi) is 5.15. The van der Waals surface area contributed by atoms with E-state index in [-0.39, 0.29) is 6.09 Å². The van der Waals surface area contributed by atoms with Crippen LogP contribution in [0.2, 0.25) is 0 Å². The smallest absolute Gasteiger partial charge is 0.410 e.